The van der Waals surface area contributed by atoms with Crippen LogP contribution >= 0.6 is 0 Å². The van der Waals surface area contributed by atoms with Crippen molar-refractivity contribution in [1.82, 2.24) is 10.2 Å². The Kier molecular flexibility index (Phi) is 4.86. The van der Waals surface area contributed by atoms with E-state index in [1.54, 1.807) is 0 Å². The Hall–Kier alpha value is -0.290. The third-order valence-electron chi connectivity index (χ3n) is 2.69. The van der Waals surface area contributed by atoms with Gasteiger partial charge in [-0.25, -0.2) is 0 Å². The maximum Gasteiger partial charge on any atom is 0.389 e. The molecule has 0 atom stereocenters. The Morgan fingerprint density at radius 3 is 2.33 bits per heavy atom. The maximum absolute atomic E-state index is 12.0. The molecule has 2 nitrogen and oxygen atoms in total. The molecule has 1 aliphatic rings. The average Bonchev–Trinajstić information content (AvgIpc) is 1.98. The molecule has 0 saturated carbocycles. The fraction of sp³-hybridized carbons (Fsp3) is 1.00. The molecule has 1 heterocycles. The third kappa shape index (κ3) is 4.84. The van der Waals surface area contributed by atoms with E-state index in [0.29, 0.717) is 12.6 Å². The SMILES string of the molecule is CCCN(CCCC(F)(F)F)C1CNC1. The minimum atomic E-state index is -4.00. The Labute approximate surface area is 88.8 Å². The molecule has 5 heteroatoms. The molecular formula is C10H19F3N2. The van der Waals surface area contributed by atoms with Crippen molar-refractivity contribution in [1.29, 1.82) is 0 Å². The molecule has 0 aliphatic carbocycles. The fourth-order valence-corrected chi connectivity index (χ4v) is 1.78. The largest absolute Gasteiger partial charge is 0.389 e. The molecule has 0 radical (unpaired) electrons. The zero-order chi connectivity index (χ0) is 11.3. The van der Waals surface area contributed by atoms with E-state index >= 15 is 0 Å². The summed E-state index contributed by atoms with van der Waals surface area (Å²) in [4.78, 5) is 2.17. The van der Waals surface area contributed by atoms with Crippen LogP contribution < -0.4 is 5.32 Å². The molecule has 0 aromatic rings. The third-order valence-corrected chi connectivity index (χ3v) is 2.69. The maximum atomic E-state index is 12.0. The zero-order valence-corrected chi connectivity index (χ0v) is 9.11. The van der Waals surface area contributed by atoms with Crippen molar-refractivity contribution in [3.05, 3.63) is 0 Å². The van der Waals surface area contributed by atoms with E-state index in [-0.39, 0.29) is 6.42 Å². The van der Waals surface area contributed by atoms with E-state index in [2.05, 4.69) is 17.1 Å². The van der Waals surface area contributed by atoms with Gasteiger partial charge in [0, 0.05) is 25.6 Å². The lowest BCUT2D eigenvalue weighted by Gasteiger charge is -2.38. The first-order valence-electron chi connectivity index (χ1n) is 5.54. The quantitative estimate of drug-likeness (QED) is 0.742. The van der Waals surface area contributed by atoms with Gasteiger partial charge in [-0.05, 0) is 25.9 Å². The molecule has 0 unspecified atom stereocenters. The second-order valence-electron chi connectivity index (χ2n) is 4.07. The Morgan fingerprint density at radius 1 is 1.27 bits per heavy atom. The van der Waals surface area contributed by atoms with Crippen LogP contribution in [-0.4, -0.2) is 43.3 Å². The summed E-state index contributed by atoms with van der Waals surface area (Å²) < 4.78 is 35.9. The number of hydrogen-bond donors (Lipinski definition) is 1. The lowest BCUT2D eigenvalue weighted by Crippen LogP contribution is -2.57. The van der Waals surface area contributed by atoms with Gasteiger partial charge in [-0.1, -0.05) is 6.92 Å². The van der Waals surface area contributed by atoms with Gasteiger partial charge in [-0.2, -0.15) is 13.2 Å². The molecule has 1 aliphatic heterocycles. The summed E-state index contributed by atoms with van der Waals surface area (Å²) in [5.74, 6) is 0. The normalized spacial score (nSPS) is 18.2. The molecule has 1 rings (SSSR count). The Bertz CT molecular complexity index is 178. The number of nitrogens with zero attached hydrogens (tertiary/aromatic N) is 1. The van der Waals surface area contributed by atoms with Crippen LogP contribution in [0.4, 0.5) is 13.2 Å². The number of nitrogens with one attached hydrogen (secondary N) is 1. The van der Waals surface area contributed by atoms with Crippen LogP contribution in [0.5, 0.6) is 0 Å². The number of alkyl halides is 3. The first kappa shape index (κ1) is 12.8. The smallest absolute Gasteiger partial charge is 0.314 e. The van der Waals surface area contributed by atoms with Gasteiger partial charge in [0.25, 0.3) is 0 Å². The number of hydrogen-bond acceptors (Lipinski definition) is 2. The lowest BCUT2D eigenvalue weighted by atomic mass is 10.1. The molecule has 1 fully saturated rings. The van der Waals surface area contributed by atoms with Crippen molar-refractivity contribution in [3.63, 3.8) is 0 Å². The highest BCUT2D eigenvalue weighted by Crippen LogP contribution is 2.21. The number of rotatable bonds is 6. The lowest BCUT2D eigenvalue weighted by molar-refractivity contribution is -0.136. The fourth-order valence-electron chi connectivity index (χ4n) is 1.78. The van der Waals surface area contributed by atoms with Crippen LogP contribution in [0.15, 0.2) is 0 Å². The van der Waals surface area contributed by atoms with Crippen molar-refractivity contribution in [2.24, 2.45) is 0 Å². The van der Waals surface area contributed by atoms with Crippen molar-refractivity contribution in [3.8, 4) is 0 Å². The topological polar surface area (TPSA) is 15.3 Å². The second-order valence-corrected chi connectivity index (χ2v) is 4.07. The first-order valence-corrected chi connectivity index (χ1v) is 5.54. The van der Waals surface area contributed by atoms with Crippen LogP contribution in [-0.2, 0) is 0 Å². The van der Waals surface area contributed by atoms with Gasteiger partial charge in [-0.15, -0.1) is 0 Å². The predicted molar refractivity (Wildman–Crippen MR) is 53.8 cm³/mol. The molecule has 0 aromatic heterocycles. The summed E-state index contributed by atoms with van der Waals surface area (Å²) >= 11 is 0. The molecule has 0 bridgehead atoms. The Morgan fingerprint density at radius 2 is 1.93 bits per heavy atom. The first-order chi connectivity index (χ1) is 7.03. The minimum absolute atomic E-state index is 0.222. The van der Waals surface area contributed by atoms with Crippen molar-refractivity contribution in [2.45, 2.75) is 38.4 Å². The van der Waals surface area contributed by atoms with Gasteiger partial charge in [-0.3, -0.25) is 4.90 Å². The Balaban J connectivity index is 2.19. The van der Waals surface area contributed by atoms with E-state index in [9.17, 15) is 13.2 Å². The zero-order valence-electron chi connectivity index (χ0n) is 9.11. The van der Waals surface area contributed by atoms with Crippen molar-refractivity contribution in [2.75, 3.05) is 26.2 Å². The van der Waals surface area contributed by atoms with Gasteiger partial charge < -0.3 is 5.32 Å². The second kappa shape index (κ2) is 5.70. The molecular weight excluding hydrogens is 205 g/mol. The molecule has 0 aromatic carbocycles. The van der Waals surface area contributed by atoms with E-state index in [0.717, 1.165) is 26.1 Å². The molecule has 1 N–H and O–H groups in total. The summed E-state index contributed by atoms with van der Waals surface area (Å²) in [6, 6.07) is 0.457. The molecule has 0 amide bonds. The standard InChI is InChI=1S/C10H19F3N2/c1-2-5-15(9-7-14-8-9)6-3-4-10(11,12)13/h9,14H,2-8H2,1H3. The van der Waals surface area contributed by atoms with Crippen molar-refractivity contribution >= 4 is 0 Å². The van der Waals surface area contributed by atoms with E-state index in [4.69, 9.17) is 0 Å². The average molecular weight is 224 g/mol. The van der Waals surface area contributed by atoms with E-state index in [1.165, 1.54) is 0 Å². The van der Waals surface area contributed by atoms with Crippen LogP contribution in [0.25, 0.3) is 0 Å². The van der Waals surface area contributed by atoms with Crippen molar-refractivity contribution < 1.29 is 13.2 Å². The summed E-state index contributed by atoms with van der Waals surface area (Å²) in [5, 5.41) is 3.14. The van der Waals surface area contributed by atoms with Crippen LogP contribution in [0.2, 0.25) is 0 Å². The minimum Gasteiger partial charge on any atom is -0.314 e. The van der Waals surface area contributed by atoms with Crippen LogP contribution in [0, 0.1) is 0 Å². The van der Waals surface area contributed by atoms with Gasteiger partial charge in [0.2, 0.25) is 0 Å². The molecule has 1 saturated heterocycles. The van der Waals surface area contributed by atoms with E-state index < -0.39 is 12.6 Å². The van der Waals surface area contributed by atoms with Crippen LogP contribution in [0.1, 0.15) is 26.2 Å². The highest BCUT2D eigenvalue weighted by Gasteiger charge is 2.28. The van der Waals surface area contributed by atoms with Gasteiger partial charge >= 0.3 is 6.18 Å². The predicted octanol–water partition coefficient (Wildman–Crippen LogP) is 2.01. The van der Waals surface area contributed by atoms with Crippen LogP contribution in [0.3, 0.4) is 0 Å². The van der Waals surface area contributed by atoms with Gasteiger partial charge in [0.05, 0.1) is 0 Å². The van der Waals surface area contributed by atoms with Gasteiger partial charge in [0.15, 0.2) is 0 Å². The monoisotopic (exact) mass is 224 g/mol. The molecule has 0 spiro atoms. The summed E-state index contributed by atoms with van der Waals surface area (Å²) in [6.07, 6.45) is -3.44. The summed E-state index contributed by atoms with van der Waals surface area (Å²) in [7, 11) is 0. The molecule has 90 valence electrons. The van der Waals surface area contributed by atoms with Gasteiger partial charge in [0.1, 0.15) is 0 Å². The van der Waals surface area contributed by atoms with E-state index in [1.807, 2.05) is 0 Å². The summed E-state index contributed by atoms with van der Waals surface area (Å²) in [5.41, 5.74) is 0. The highest BCUT2D eigenvalue weighted by molar-refractivity contribution is 4.84. The summed E-state index contributed by atoms with van der Waals surface area (Å²) in [6.45, 7) is 5.38. The highest BCUT2D eigenvalue weighted by atomic mass is 19.4. The molecule has 15 heavy (non-hydrogen) atoms. The number of halogens is 3.